The van der Waals surface area contributed by atoms with Gasteiger partial charge < -0.3 is 14.7 Å². The number of ether oxygens (including phenoxy) is 1. The number of aryl methyl sites for hydroxylation is 1. The van der Waals surface area contributed by atoms with Crippen LogP contribution in [0, 0.1) is 6.92 Å². The third-order valence-corrected chi connectivity index (χ3v) is 6.17. The Morgan fingerprint density at radius 2 is 1.79 bits per heavy atom. The SMILES string of the molecule is COc1cccc(-c2ccc3nc(C4CCCN(C(=O)c5cccc(C)n5)C4)nn3c2)c1.O=C(O)C(F)(F)F. The van der Waals surface area contributed by atoms with Crippen molar-refractivity contribution in [3.8, 4) is 16.9 Å². The Morgan fingerprint density at radius 3 is 2.49 bits per heavy atom. The van der Waals surface area contributed by atoms with Crippen molar-refractivity contribution in [2.24, 2.45) is 0 Å². The molecule has 204 valence electrons. The number of aromatic nitrogens is 4. The number of carboxylic acid groups (broad SMARTS) is 1. The molecule has 9 nitrogen and oxygen atoms in total. The number of hydrogen-bond donors (Lipinski definition) is 1. The molecule has 4 heterocycles. The minimum absolute atomic E-state index is 0.0255. The molecule has 1 fully saturated rings. The summed E-state index contributed by atoms with van der Waals surface area (Å²) >= 11 is 0. The summed E-state index contributed by atoms with van der Waals surface area (Å²) in [4.78, 5) is 32.9. The van der Waals surface area contributed by atoms with Gasteiger partial charge in [0.25, 0.3) is 5.91 Å². The number of carbonyl (C=O) groups is 2. The van der Waals surface area contributed by atoms with Crippen LogP contribution in [0.2, 0.25) is 0 Å². The van der Waals surface area contributed by atoms with E-state index in [1.54, 1.807) is 13.2 Å². The number of hydrogen-bond acceptors (Lipinski definition) is 6. The Bertz CT molecular complexity index is 1490. The number of likely N-dealkylation sites (tertiary alicyclic amines) is 1. The number of alkyl halides is 3. The summed E-state index contributed by atoms with van der Waals surface area (Å²) in [6.07, 6.45) is -1.21. The maximum absolute atomic E-state index is 13.0. The summed E-state index contributed by atoms with van der Waals surface area (Å²) in [5, 5.41) is 11.9. The standard InChI is InChI=1S/C25H25N5O2.C2HF3O2/c1-17-6-3-10-22(26-17)25(31)29-13-5-8-20(15-29)24-27-23-12-11-19(16-30(23)28-24)18-7-4-9-21(14-18)32-2;3-2(4,5)1(6)7/h3-4,6-7,9-12,14,16,20H,5,8,13,15H2,1-2H3;(H,6,7). The Morgan fingerprint density at radius 1 is 1.05 bits per heavy atom. The predicted octanol–water partition coefficient (Wildman–Crippen LogP) is 4.76. The summed E-state index contributed by atoms with van der Waals surface area (Å²) in [6, 6.07) is 17.5. The molecule has 5 rings (SSSR count). The van der Waals surface area contributed by atoms with Crippen LogP contribution in [-0.2, 0) is 4.79 Å². The van der Waals surface area contributed by atoms with Gasteiger partial charge in [0, 0.05) is 36.5 Å². The molecule has 0 radical (unpaired) electrons. The van der Waals surface area contributed by atoms with Crippen molar-refractivity contribution in [3.63, 3.8) is 0 Å². The Labute approximate surface area is 221 Å². The van der Waals surface area contributed by atoms with E-state index in [0.29, 0.717) is 12.2 Å². The number of carbonyl (C=O) groups excluding carboxylic acids is 1. The van der Waals surface area contributed by atoms with Gasteiger partial charge >= 0.3 is 12.1 Å². The van der Waals surface area contributed by atoms with Crippen molar-refractivity contribution in [1.29, 1.82) is 0 Å². The normalized spacial score (nSPS) is 15.4. The van der Waals surface area contributed by atoms with Crippen LogP contribution in [0.15, 0.2) is 60.8 Å². The quantitative estimate of drug-likeness (QED) is 0.397. The Hall–Kier alpha value is -4.48. The van der Waals surface area contributed by atoms with E-state index >= 15 is 0 Å². The maximum atomic E-state index is 13.0. The lowest BCUT2D eigenvalue weighted by Gasteiger charge is -2.31. The summed E-state index contributed by atoms with van der Waals surface area (Å²) in [6.45, 7) is 3.24. The van der Waals surface area contributed by atoms with Gasteiger partial charge in [0.05, 0.1) is 7.11 Å². The highest BCUT2D eigenvalue weighted by atomic mass is 19.4. The molecule has 1 saturated heterocycles. The number of piperidine rings is 1. The van der Waals surface area contributed by atoms with Gasteiger partial charge in [-0.15, -0.1) is 0 Å². The summed E-state index contributed by atoms with van der Waals surface area (Å²) in [5.41, 5.74) is 4.24. The molecule has 1 aliphatic rings. The minimum atomic E-state index is -5.08. The molecule has 39 heavy (non-hydrogen) atoms. The summed E-state index contributed by atoms with van der Waals surface area (Å²) in [7, 11) is 1.67. The highest BCUT2D eigenvalue weighted by molar-refractivity contribution is 5.92. The number of aliphatic carboxylic acids is 1. The van der Waals surface area contributed by atoms with Crippen molar-refractivity contribution < 1.29 is 32.6 Å². The van der Waals surface area contributed by atoms with Gasteiger partial charge in [-0.2, -0.15) is 18.3 Å². The van der Waals surface area contributed by atoms with Crippen molar-refractivity contribution in [1.82, 2.24) is 24.5 Å². The van der Waals surface area contributed by atoms with Crippen LogP contribution >= 0.6 is 0 Å². The molecule has 1 unspecified atom stereocenters. The van der Waals surface area contributed by atoms with Gasteiger partial charge in [-0.1, -0.05) is 18.2 Å². The number of methoxy groups -OCH3 is 1. The fraction of sp³-hybridized carbons (Fsp3) is 0.296. The van der Waals surface area contributed by atoms with E-state index in [1.807, 2.05) is 71.1 Å². The monoisotopic (exact) mass is 541 g/mol. The molecule has 0 aliphatic carbocycles. The van der Waals surface area contributed by atoms with Gasteiger partial charge in [-0.25, -0.2) is 19.3 Å². The van der Waals surface area contributed by atoms with E-state index in [2.05, 4.69) is 4.98 Å². The lowest BCUT2D eigenvalue weighted by Crippen LogP contribution is -2.39. The average molecular weight is 542 g/mol. The molecule has 12 heteroatoms. The molecule has 4 aromatic rings. The first-order chi connectivity index (χ1) is 18.5. The first-order valence-electron chi connectivity index (χ1n) is 12.1. The van der Waals surface area contributed by atoms with Gasteiger partial charge in [0.15, 0.2) is 11.5 Å². The molecule has 1 amide bonds. The zero-order valence-electron chi connectivity index (χ0n) is 21.2. The molecule has 1 atom stereocenters. The zero-order valence-corrected chi connectivity index (χ0v) is 21.2. The number of nitrogens with zero attached hydrogens (tertiary/aromatic N) is 5. The average Bonchev–Trinajstić information content (AvgIpc) is 3.36. The molecule has 3 aromatic heterocycles. The molecule has 1 N–H and O–H groups in total. The number of amides is 1. The molecule has 1 aromatic carbocycles. The van der Waals surface area contributed by atoms with E-state index in [0.717, 1.165) is 53.4 Å². The van der Waals surface area contributed by atoms with E-state index in [9.17, 15) is 18.0 Å². The lowest BCUT2D eigenvalue weighted by atomic mass is 9.97. The zero-order chi connectivity index (χ0) is 28.2. The first kappa shape index (κ1) is 27.6. The molecular weight excluding hydrogens is 515 g/mol. The van der Waals surface area contributed by atoms with Crippen molar-refractivity contribution >= 4 is 17.5 Å². The number of halogens is 3. The van der Waals surface area contributed by atoms with Crippen LogP contribution in [0.1, 0.15) is 40.8 Å². The predicted molar refractivity (Wildman–Crippen MR) is 136 cm³/mol. The lowest BCUT2D eigenvalue weighted by molar-refractivity contribution is -0.192. The third-order valence-electron chi connectivity index (χ3n) is 6.17. The number of rotatable bonds is 4. The highest BCUT2D eigenvalue weighted by Gasteiger charge is 2.38. The Balaban J connectivity index is 0.000000448. The maximum Gasteiger partial charge on any atom is 0.490 e. The van der Waals surface area contributed by atoms with E-state index < -0.39 is 12.1 Å². The molecule has 1 aliphatic heterocycles. The fourth-order valence-corrected chi connectivity index (χ4v) is 4.24. The molecule has 0 bridgehead atoms. The summed E-state index contributed by atoms with van der Waals surface area (Å²) < 4.78 is 38.9. The second kappa shape index (κ2) is 11.5. The summed E-state index contributed by atoms with van der Waals surface area (Å²) in [5.74, 6) is -1.08. The van der Waals surface area contributed by atoms with E-state index in [4.69, 9.17) is 24.7 Å². The molecule has 0 saturated carbocycles. The van der Waals surface area contributed by atoms with Gasteiger partial charge in [-0.05, 0) is 61.7 Å². The van der Waals surface area contributed by atoms with Gasteiger partial charge in [0.2, 0.25) is 0 Å². The van der Waals surface area contributed by atoms with Crippen LogP contribution in [0.25, 0.3) is 16.8 Å². The van der Waals surface area contributed by atoms with Crippen molar-refractivity contribution in [2.45, 2.75) is 31.9 Å². The second-order valence-electron chi connectivity index (χ2n) is 8.98. The Kier molecular flexibility index (Phi) is 8.12. The molecule has 0 spiro atoms. The van der Waals surface area contributed by atoms with Gasteiger partial charge in [0.1, 0.15) is 11.4 Å². The number of carboxylic acids is 1. The topological polar surface area (TPSA) is 110 Å². The highest BCUT2D eigenvalue weighted by Crippen LogP contribution is 2.28. The van der Waals surface area contributed by atoms with Crippen LogP contribution in [-0.4, -0.2) is 67.8 Å². The van der Waals surface area contributed by atoms with Crippen LogP contribution < -0.4 is 4.74 Å². The van der Waals surface area contributed by atoms with E-state index in [-0.39, 0.29) is 11.8 Å². The van der Waals surface area contributed by atoms with Crippen LogP contribution in [0.5, 0.6) is 5.75 Å². The van der Waals surface area contributed by atoms with E-state index in [1.165, 1.54) is 0 Å². The fourth-order valence-electron chi connectivity index (χ4n) is 4.24. The van der Waals surface area contributed by atoms with Crippen molar-refractivity contribution in [2.75, 3.05) is 20.2 Å². The number of pyridine rings is 2. The second-order valence-corrected chi connectivity index (χ2v) is 8.98. The molecular formula is C27H26F3N5O4. The first-order valence-corrected chi connectivity index (χ1v) is 12.1. The minimum Gasteiger partial charge on any atom is -0.497 e. The smallest absolute Gasteiger partial charge is 0.490 e. The largest absolute Gasteiger partial charge is 0.497 e. The van der Waals surface area contributed by atoms with Crippen LogP contribution in [0.3, 0.4) is 0 Å². The van der Waals surface area contributed by atoms with Gasteiger partial charge in [-0.3, -0.25) is 4.79 Å². The third kappa shape index (κ3) is 6.70. The van der Waals surface area contributed by atoms with Crippen molar-refractivity contribution in [3.05, 3.63) is 78.0 Å². The number of fused-ring (bicyclic) bond motifs is 1. The van der Waals surface area contributed by atoms with Crippen LogP contribution in [0.4, 0.5) is 13.2 Å². The number of benzene rings is 1.